The minimum Gasteiger partial charge on any atom is -0.497 e. The zero-order valence-electron chi connectivity index (χ0n) is 13.1. The van der Waals surface area contributed by atoms with Gasteiger partial charge in [-0.3, -0.25) is 0 Å². The molecule has 0 aliphatic carbocycles. The van der Waals surface area contributed by atoms with Gasteiger partial charge in [-0.1, -0.05) is 11.8 Å². The second kappa shape index (κ2) is 8.22. The van der Waals surface area contributed by atoms with Crippen LogP contribution in [0.15, 0.2) is 23.4 Å². The van der Waals surface area contributed by atoms with Crippen molar-refractivity contribution in [1.82, 2.24) is 25.5 Å². The molecule has 0 aliphatic rings. The topological polar surface area (TPSA) is 103 Å². The third-order valence-electron chi connectivity index (χ3n) is 2.85. The number of aromatic nitrogens is 4. The lowest BCUT2D eigenvalue weighted by molar-refractivity contribution is 0.252. The number of anilines is 1. The molecule has 23 heavy (non-hydrogen) atoms. The van der Waals surface area contributed by atoms with Gasteiger partial charge in [-0.25, -0.2) is 9.48 Å². The van der Waals surface area contributed by atoms with Crippen LogP contribution in [0.5, 0.6) is 11.5 Å². The van der Waals surface area contributed by atoms with E-state index >= 15 is 0 Å². The molecular weight excluding hydrogens is 320 g/mol. The van der Waals surface area contributed by atoms with Crippen molar-refractivity contribution in [2.24, 2.45) is 7.05 Å². The SMILES string of the molecule is COc1ccc(OC)c(NC(=O)NCCSc2nnnn2C)c1. The van der Waals surface area contributed by atoms with Gasteiger partial charge in [-0.2, -0.15) is 0 Å². The van der Waals surface area contributed by atoms with Crippen molar-refractivity contribution in [2.75, 3.05) is 31.8 Å². The van der Waals surface area contributed by atoms with E-state index in [9.17, 15) is 4.79 Å². The molecule has 0 atom stereocenters. The minimum absolute atomic E-state index is 0.326. The average molecular weight is 338 g/mol. The van der Waals surface area contributed by atoms with Crippen LogP contribution in [0, 0.1) is 0 Å². The van der Waals surface area contributed by atoms with E-state index in [1.54, 1.807) is 37.0 Å². The van der Waals surface area contributed by atoms with Crippen LogP contribution < -0.4 is 20.1 Å². The molecule has 2 aromatic rings. The van der Waals surface area contributed by atoms with E-state index in [2.05, 4.69) is 26.2 Å². The minimum atomic E-state index is -0.326. The Morgan fingerprint density at radius 2 is 2.17 bits per heavy atom. The van der Waals surface area contributed by atoms with Crippen molar-refractivity contribution in [1.29, 1.82) is 0 Å². The Hall–Kier alpha value is -2.49. The summed E-state index contributed by atoms with van der Waals surface area (Å²) in [5, 5.41) is 17.3. The molecule has 0 unspecified atom stereocenters. The molecule has 0 aliphatic heterocycles. The Kier molecular flexibility index (Phi) is 6.03. The largest absolute Gasteiger partial charge is 0.497 e. The van der Waals surface area contributed by atoms with Gasteiger partial charge in [0.1, 0.15) is 11.5 Å². The van der Waals surface area contributed by atoms with Crippen LogP contribution in [-0.4, -0.2) is 52.8 Å². The molecule has 2 amide bonds. The Balaban J connectivity index is 1.81. The van der Waals surface area contributed by atoms with E-state index in [1.807, 2.05) is 0 Å². The van der Waals surface area contributed by atoms with Gasteiger partial charge in [-0.15, -0.1) is 5.10 Å². The summed E-state index contributed by atoms with van der Waals surface area (Å²) in [5.41, 5.74) is 0.537. The maximum absolute atomic E-state index is 11.9. The van der Waals surface area contributed by atoms with Gasteiger partial charge in [-0.05, 0) is 22.6 Å². The number of urea groups is 1. The van der Waals surface area contributed by atoms with Gasteiger partial charge in [0.25, 0.3) is 0 Å². The predicted octanol–water partition coefficient (Wildman–Crippen LogP) is 1.14. The normalized spacial score (nSPS) is 10.2. The Morgan fingerprint density at radius 3 is 2.83 bits per heavy atom. The molecule has 124 valence electrons. The number of ether oxygens (including phenoxy) is 2. The van der Waals surface area contributed by atoms with Gasteiger partial charge in [0.15, 0.2) is 0 Å². The van der Waals surface area contributed by atoms with E-state index in [1.165, 1.54) is 18.9 Å². The van der Waals surface area contributed by atoms with Gasteiger partial charge in [0.05, 0.1) is 19.9 Å². The van der Waals surface area contributed by atoms with Gasteiger partial charge in [0.2, 0.25) is 5.16 Å². The fourth-order valence-electron chi connectivity index (χ4n) is 1.73. The molecular formula is C13H18N6O3S. The molecule has 2 rings (SSSR count). The molecule has 2 N–H and O–H groups in total. The Bertz CT molecular complexity index is 663. The number of nitrogens with zero attached hydrogens (tertiary/aromatic N) is 4. The zero-order chi connectivity index (χ0) is 16.7. The Labute approximate surface area is 137 Å². The van der Waals surface area contributed by atoms with E-state index in [0.717, 1.165) is 0 Å². The van der Waals surface area contributed by atoms with Crippen LogP contribution in [0.1, 0.15) is 0 Å². The smallest absolute Gasteiger partial charge is 0.319 e. The molecule has 0 fully saturated rings. The van der Waals surface area contributed by atoms with Crippen LogP contribution >= 0.6 is 11.8 Å². The number of hydrogen-bond donors (Lipinski definition) is 2. The number of carbonyl (C=O) groups is 1. The second-order valence-electron chi connectivity index (χ2n) is 4.38. The number of thioether (sulfide) groups is 1. The zero-order valence-corrected chi connectivity index (χ0v) is 13.9. The first-order chi connectivity index (χ1) is 11.1. The molecule has 0 saturated heterocycles. The first kappa shape index (κ1) is 16.9. The third-order valence-corrected chi connectivity index (χ3v) is 3.87. The van der Waals surface area contributed by atoms with E-state index < -0.39 is 0 Å². The summed E-state index contributed by atoms with van der Waals surface area (Å²) in [7, 11) is 4.86. The van der Waals surface area contributed by atoms with Crippen molar-refractivity contribution < 1.29 is 14.3 Å². The van der Waals surface area contributed by atoms with Crippen molar-refractivity contribution in [3.63, 3.8) is 0 Å². The summed E-state index contributed by atoms with van der Waals surface area (Å²) < 4.78 is 11.9. The molecule has 0 spiro atoms. The quantitative estimate of drug-likeness (QED) is 0.576. The second-order valence-corrected chi connectivity index (χ2v) is 5.44. The first-order valence-electron chi connectivity index (χ1n) is 6.76. The van der Waals surface area contributed by atoms with Crippen molar-refractivity contribution in [3.8, 4) is 11.5 Å². The molecule has 1 heterocycles. The standard InChI is InChI=1S/C13H18N6O3S/c1-19-13(16-17-18-19)23-7-6-14-12(20)15-10-8-9(21-2)4-5-11(10)22-3/h4-5,8H,6-7H2,1-3H3,(H2,14,15,20). The molecule has 1 aromatic carbocycles. The van der Waals surface area contributed by atoms with Gasteiger partial charge < -0.3 is 20.1 Å². The van der Waals surface area contributed by atoms with Crippen LogP contribution in [0.2, 0.25) is 0 Å². The molecule has 9 nitrogen and oxygen atoms in total. The maximum Gasteiger partial charge on any atom is 0.319 e. The van der Waals surface area contributed by atoms with Crippen molar-refractivity contribution in [2.45, 2.75) is 5.16 Å². The number of amides is 2. The maximum atomic E-state index is 11.9. The van der Waals surface area contributed by atoms with E-state index in [0.29, 0.717) is 34.6 Å². The highest BCUT2D eigenvalue weighted by atomic mass is 32.2. The summed E-state index contributed by atoms with van der Waals surface area (Å²) in [4.78, 5) is 11.9. The number of rotatable bonds is 7. The van der Waals surface area contributed by atoms with Crippen molar-refractivity contribution in [3.05, 3.63) is 18.2 Å². The van der Waals surface area contributed by atoms with Gasteiger partial charge >= 0.3 is 6.03 Å². The number of methoxy groups -OCH3 is 2. The summed E-state index contributed by atoms with van der Waals surface area (Å²) >= 11 is 1.46. The lowest BCUT2D eigenvalue weighted by Gasteiger charge is -2.12. The molecule has 1 aromatic heterocycles. The predicted molar refractivity (Wildman–Crippen MR) is 86.1 cm³/mol. The van der Waals surface area contributed by atoms with Crippen LogP contribution in [-0.2, 0) is 7.05 Å². The van der Waals surface area contributed by atoms with Crippen molar-refractivity contribution >= 4 is 23.5 Å². The summed E-state index contributed by atoms with van der Waals surface area (Å²) in [6.07, 6.45) is 0. The highest BCUT2D eigenvalue weighted by Gasteiger charge is 2.09. The number of tetrazole rings is 1. The first-order valence-corrected chi connectivity index (χ1v) is 7.74. The van der Waals surface area contributed by atoms with E-state index in [4.69, 9.17) is 9.47 Å². The highest BCUT2D eigenvalue weighted by molar-refractivity contribution is 7.99. The molecule has 10 heteroatoms. The summed E-state index contributed by atoms with van der Waals surface area (Å²) in [6, 6.07) is 4.85. The van der Waals surface area contributed by atoms with Crippen LogP contribution in [0.25, 0.3) is 0 Å². The lowest BCUT2D eigenvalue weighted by atomic mass is 10.2. The number of benzene rings is 1. The number of nitrogens with one attached hydrogen (secondary N) is 2. The fraction of sp³-hybridized carbons (Fsp3) is 0.385. The average Bonchev–Trinajstić information content (AvgIpc) is 2.96. The van der Waals surface area contributed by atoms with E-state index in [-0.39, 0.29) is 6.03 Å². The molecule has 0 radical (unpaired) electrons. The van der Waals surface area contributed by atoms with Gasteiger partial charge in [0, 0.05) is 25.4 Å². The number of carbonyl (C=O) groups excluding carboxylic acids is 1. The number of hydrogen-bond acceptors (Lipinski definition) is 7. The molecule has 0 saturated carbocycles. The summed E-state index contributed by atoms with van der Waals surface area (Å²) in [6.45, 7) is 0.468. The third kappa shape index (κ3) is 4.74. The van der Waals surface area contributed by atoms with Crippen LogP contribution in [0.4, 0.5) is 10.5 Å². The summed E-state index contributed by atoms with van der Waals surface area (Å²) in [5.74, 6) is 1.84. The molecule has 0 bridgehead atoms. The highest BCUT2D eigenvalue weighted by Crippen LogP contribution is 2.28. The Morgan fingerprint density at radius 1 is 1.35 bits per heavy atom. The number of aryl methyl sites for hydroxylation is 1. The lowest BCUT2D eigenvalue weighted by Crippen LogP contribution is -2.30. The monoisotopic (exact) mass is 338 g/mol. The van der Waals surface area contributed by atoms with Crippen LogP contribution in [0.3, 0.4) is 0 Å². The fourth-order valence-corrected chi connectivity index (χ4v) is 2.43.